The van der Waals surface area contributed by atoms with Crippen LogP contribution >= 0.6 is 0 Å². The lowest BCUT2D eigenvalue weighted by molar-refractivity contribution is 0.655. The van der Waals surface area contributed by atoms with E-state index in [0.717, 1.165) is 15.8 Å². The standard InChI is InChI=1S/C14H17N3O2/c1-10-5-4-6-11(7-10)15-9-12-8-13(18)17(3)14(19)16(12)2/h4-8,15H,9H2,1-3H3. The van der Waals surface area contributed by atoms with Crippen molar-refractivity contribution in [2.45, 2.75) is 13.5 Å². The summed E-state index contributed by atoms with van der Waals surface area (Å²) < 4.78 is 2.57. The molecule has 0 fully saturated rings. The molecule has 0 saturated carbocycles. The highest BCUT2D eigenvalue weighted by molar-refractivity contribution is 5.45. The van der Waals surface area contributed by atoms with Gasteiger partial charge in [-0.2, -0.15) is 0 Å². The predicted octanol–water partition coefficient (Wildman–Crippen LogP) is 1.00. The van der Waals surface area contributed by atoms with E-state index in [2.05, 4.69) is 5.32 Å². The number of nitrogens with zero attached hydrogens (tertiary/aromatic N) is 2. The van der Waals surface area contributed by atoms with Crippen molar-refractivity contribution in [3.63, 3.8) is 0 Å². The van der Waals surface area contributed by atoms with Gasteiger partial charge in [0.15, 0.2) is 0 Å². The number of benzene rings is 1. The van der Waals surface area contributed by atoms with E-state index >= 15 is 0 Å². The van der Waals surface area contributed by atoms with Crippen LogP contribution in [0.3, 0.4) is 0 Å². The van der Waals surface area contributed by atoms with E-state index in [1.807, 2.05) is 31.2 Å². The molecule has 1 aromatic carbocycles. The fourth-order valence-corrected chi connectivity index (χ4v) is 1.90. The second kappa shape index (κ2) is 5.14. The average Bonchev–Trinajstić information content (AvgIpc) is 2.39. The molecule has 19 heavy (non-hydrogen) atoms. The predicted molar refractivity (Wildman–Crippen MR) is 75.4 cm³/mol. The van der Waals surface area contributed by atoms with Crippen molar-refractivity contribution >= 4 is 5.69 Å². The molecule has 0 aliphatic heterocycles. The van der Waals surface area contributed by atoms with Gasteiger partial charge < -0.3 is 5.32 Å². The van der Waals surface area contributed by atoms with Gasteiger partial charge in [-0.1, -0.05) is 12.1 Å². The zero-order chi connectivity index (χ0) is 14.0. The molecule has 0 atom stereocenters. The Kier molecular flexibility index (Phi) is 3.55. The summed E-state index contributed by atoms with van der Waals surface area (Å²) in [5.74, 6) is 0. The summed E-state index contributed by atoms with van der Waals surface area (Å²) in [7, 11) is 3.14. The lowest BCUT2D eigenvalue weighted by atomic mass is 10.2. The fraction of sp³-hybridized carbons (Fsp3) is 0.286. The van der Waals surface area contributed by atoms with Crippen molar-refractivity contribution in [3.05, 3.63) is 62.4 Å². The second-order valence-electron chi connectivity index (χ2n) is 4.60. The van der Waals surface area contributed by atoms with Gasteiger partial charge in [-0.25, -0.2) is 4.79 Å². The molecule has 1 N–H and O–H groups in total. The Morgan fingerprint density at radius 1 is 1.11 bits per heavy atom. The summed E-state index contributed by atoms with van der Waals surface area (Å²) >= 11 is 0. The Hall–Kier alpha value is -2.30. The lowest BCUT2D eigenvalue weighted by Gasteiger charge is -2.11. The van der Waals surface area contributed by atoms with Gasteiger partial charge in [0.25, 0.3) is 5.56 Å². The smallest absolute Gasteiger partial charge is 0.330 e. The highest BCUT2D eigenvalue weighted by Crippen LogP contribution is 2.10. The summed E-state index contributed by atoms with van der Waals surface area (Å²) in [5, 5.41) is 3.21. The van der Waals surface area contributed by atoms with Crippen LogP contribution in [0, 0.1) is 6.92 Å². The van der Waals surface area contributed by atoms with Crippen LogP contribution in [-0.4, -0.2) is 9.13 Å². The van der Waals surface area contributed by atoms with Gasteiger partial charge in [0, 0.05) is 31.5 Å². The minimum Gasteiger partial charge on any atom is -0.379 e. The van der Waals surface area contributed by atoms with Gasteiger partial charge in [0.1, 0.15) is 0 Å². The first-order chi connectivity index (χ1) is 8.99. The summed E-state index contributed by atoms with van der Waals surface area (Å²) in [6.45, 7) is 2.45. The third-order valence-electron chi connectivity index (χ3n) is 3.12. The minimum absolute atomic E-state index is 0.288. The first kappa shape index (κ1) is 13.1. The van der Waals surface area contributed by atoms with Gasteiger partial charge in [0.05, 0.1) is 6.54 Å². The van der Waals surface area contributed by atoms with Gasteiger partial charge in [-0.05, 0) is 24.6 Å². The Morgan fingerprint density at radius 2 is 1.84 bits per heavy atom. The maximum Gasteiger partial charge on any atom is 0.330 e. The van der Waals surface area contributed by atoms with E-state index in [1.54, 1.807) is 7.05 Å². The van der Waals surface area contributed by atoms with Crippen LogP contribution in [0.2, 0.25) is 0 Å². The molecule has 0 radical (unpaired) electrons. The van der Waals surface area contributed by atoms with Gasteiger partial charge in [0.2, 0.25) is 0 Å². The third-order valence-corrected chi connectivity index (χ3v) is 3.12. The van der Waals surface area contributed by atoms with Crippen molar-refractivity contribution in [1.29, 1.82) is 0 Å². The summed E-state index contributed by atoms with van der Waals surface area (Å²) in [5.41, 5.74) is 2.18. The number of nitrogens with one attached hydrogen (secondary N) is 1. The molecule has 5 heteroatoms. The van der Waals surface area contributed by atoms with E-state index in [-0.39, 0.29) is 11.2 Å². The van der Waals surface area contributed by atoms with E-state index in [1.165, 1.54) is 17.7 Å². The summed E-state index contributed by atoms with van der Waals surface area (Å²) in [6.07, 6.45) is 0. The third kappa shape index (κ3) is 2.76. The molecule has 0 unspecified atom stereocenters. The molecule has 100 valence electrons. The zero-order valence-electron chi connectivity index (χ0n) is 11.3. The number of rotatable bonds is 3. The van der Waals surface area contributed by atoms with Crippen LogP contribution in [0.1, 0.15) is 11.3 Å². The van der Waals surface area contributed by atoms with Crippen molar-refractivity contribution in [2.24, 2.45) is 14.1 Å². The average molecular weight is 259 g/mol. The Balaban J connectivity index is 2.26. The molecule has 0 aliphatic carbocycles. The fourth-order valence-electron chi connectivity index (χ4n) is 1.90. The van der Waals surface area contributed by atoms with Crippen molar-refractivity contribution in [2.75, 3.05) is 5.32 Å². The molecule has 1 aromatic heterocycles. The Labute approximate surface area is 111 Å². The first-order valence-corrected chi connectivity index (χ1v) is 6.05. The summed E-state index contributed by atoms with van der Waals surface area (Å²) in [4.78, 5) is 23.4. The monoisotopic (exact) mass is 259 g/mol. The van der Waals surface area contributed by atoms with E-state index in [9.17, 15) is 9.59 Å². The second-order valence-corrected chi connectivity index (χ2v) is 4.60. The molecule has 1 heterocycles. The van der Waals surface area contributed by atoms with Crippen molar-refractivity contribution < 1.29 is 0 Å². The van der Waals surface area contributed by atoms with Crippen molar-refractivity contribution in [3.8, 4) is 0 Å². The Morgan fingerprint density at radius 3 is 2.53 bits per heavy atom. The maximum atomic E-state index is 11.8. The molecule has 0 saturated heterocycles. The number of hydrogen-bond acceptors (Lipinski definition) is 3. The molecular formula is C14H17N3O2. The highest BCUT2D eigenvalue weighted by Gasteiger charge is 2.05. The van der Waals surface area contributed by atoms with E-state index in [0.29, 0.717) is 12.2 Å². The molecule has 2 rings (SSSR count). The van der Waals surface area contributed by atoms with E-state index in [4.69, 9.17) is 0 Å². The SMILES string of the molecule is Cc1cccc(NCc2cc(=O)n(C)c(=O)n2C)c1. The number of aromatic nitrogens is 2. The molecule has 0 bridgehead atoms. The first-order valence-electron chi connectivity index (χ1n) is 6.05. The quantitative estimate of drug-likeness (QED) is 0.895. The van der Waals surface area contributed by atoms with Crippen LogP contribution < -0.4 is 16.6 Å². The van der Waals surface area contributed by atoms with Crippen LogP contribution in [0.4, 0.5) is 5.69 Å². The highest BCUT2D eigenvalue weighted by atomic mass is 16.2. The van der Waals surface area contributed by atoms with Crippen LogP contribution in [0.25, 0.3) is 0 Å². The molecule has 0 spiro atoms. The van der Waals surface area contributed by atoms with Gasteiger partial charge in [-0.15, -0.1) is 0 Å². The van der Waals surface area contributed by atoms with Crippen LogP contribution in [0.5, 0.6) is 0 Å². The minimum atomic E-state index is -0.312. The zero-order valence-corrected chi connectivity index (χ0v) is 11.3. The lowest BCUT2D eigenvalue weighted by Crippen LogP contribution is -2.38. The largest absolute Gasteiger partial charge is 0.379 e. The number of aryl methyl sites for hydroxylation is 1. The molecule has 2 aromatic rings. The number of hydrogen-bond donors (Lipinski definition) is 1. The van der Waals surface area contributed by atoms with Gasteiger partial charge in [-0.3, -0.25) is 13.9 Å². The molecule has 0 aliphatic rings. The topological polar surface area (TPSA) is 56.0 Å². The maximum absolute atomic E-state index is 11.8. The molecular weight excluding hydrogens is 242 g/mol. The van der Waals surface area contributed by atoms with Crippen LogP contribution in [0.15, 0.2) is 39.9 Å². The van der Waals surface area contributed by atoms with Crippen molar-refractivity contribution in [1.82, 2.24) is 9.13 Å². The normalized spacial score (nSPS) is 10.5. The molecule has 5 nitrogen and oxygen atoms in total. The number of anilines is 1. The van der Waals surface area contributed by atoms with E-state index < -0.39 is 0 Å². The summed E-state index contributed by atoms with van der Waals surface area (Å²) in [6, 6.07) is 9.41. The molecule has 0 amide bonds. The van der Waals surface area contributed by atoms with Gasteiger partial charge >= 0.3 is 5.69 Å². The van der Waals surface area contributed by atoms with Crippen LogP contribution in [-0.2, 0) is 20.6 Å². The Bertz CT molecular complexity index is 713.